The van der Waals surface area contributed by atoms with Gasteiger partial charge in [-0.1, -0.05) is 53.8 Å². The van der Waals surface area contributed by atoms with E-state index in [-0.39, 0.29) is 36.9 Å². The highest BCUT2D eigenvalue weighted by atomic mass is 32.1. The van der Waals surface area contributed by atoms with E-state index in [0.29, 0.717) is 50.1 Å². The molecule has 1 aromatic heterocycles. The molecule has 3 aromatic carbocycles. The number of aromatic nitrogens is 1. The molecule has 47 heavy (non-hydrogen) atoms. The summed E-state index contributed by atoms with van der Waals surface area (Å²) in [6, 6.07) is 20.6. The second-order valence-electron chi connectivity index (χ2n) is 10.3. The van der Waals surface area contributed by atoms with Gasteiger partial charge in [0.25, 0.3) is 11.5 Å². The van der Waals surface area contributed by atoms with Crippen LogP contribution in [0.3, 0.4) is 0 Å². The summed E-state index contributed by atoms with van der Waals surface area (Å²) >= 11 is 1.21. The third-order valence-corrected chi connectivity index (χ3v) is 8.16. The number of allylic oxidation sites excluding steroid dienone is 1. The zero-order valence-electron chi connectivity index (χ0n) is 26.5. The molecule has 1 N–H and O–H groups in total. The summed E-state index contributed by atoms with van der Waals surface area (Å²) in [7, 11) is 3.05. The lowest BCUT2D eigenvalue weighted by Crippen LogP contribution is -2.40. The molecule has 0 saturated heterocycles. The maximum absolute atomic E-state index is 14.1. The summed E-state index contributed by atoms with van der Waals surface area (Å²) in [5, 5.41) is 2.78. The number of para-hydroxylation sites is 2. The Labute approximate surface area is 275 Å². The van der Waals surface area contributed by atoms with Crippen LogP contribution in [0, 0.1) is 0 Å². The van der Waals surface area contributed by atoms with Crippen molar-refractivity contribution in [3.05, 3.63) is 115 Å². The van der Waals surface area contributed by atoms with Gasteiger partial charge in [-0.3, -0.25) is 14.2 Å². The zero-order chi connectivity index (χ0) is 33.3. The number of thiazole rings is 1. The van der Waals surface area contributed by atoms with E-state index in [0.717, 1.165) is 5.56 Å². The molecule has 11 nitrogen and oxygen atoms in total. The van der Waals surface area contributed by atoms with Gasteiger partial charge in [0.2, 0.25) is 0 Å². The second kappa shape index (κ2) is 15.4. The molecule has 0 saturated carbocycles. The van der Waals surface area contributed by atoms with Crippen molar-refractivity contribution in [2.45, 2.75) is 19.9 Å². The number of nitrogens with one attached hydrogen (secondary N) is 1. The predicted molar refractivity (Wildman–Crippen MR) is 178 cm³/mol. The molecule has 1 amide bonds. The SMILES string of the molecule is CCOc1c(OC)cccc1[C@H]1C(C(=O)OCCOC)=C(C)N=c2s/c(=C/c3ccc(OCC(=O)Nc4ccccc4)cc3)c(=O)n21. The van der Waals surface area contributed by atoms with Gasteiger partial charge in [0.1, 0.15) is 18.4 Å². The fourth-order valence-corrected chi connectivity index (χ4v) is 6.11. The van der Waals surface area contributed by atoms with Crippen molar-refractivity contribution in [2.24, 2.45) is 4.99 Å². The number of methoxy groups -OCH3 is 2. The van der Waals surface area contributed by atoms with Crippen LogP contribution in [0.15, 0.2) is 93.9 Å². The van der Waals surface area contributed by atoms with E-state index in [1.807, 2.05) is 25.1 Å². The highest BCUT2D eigenvalue weighted by Crippen LogP contribution is 2.40. The van der Waals surface area contributed by atoms with Crippen LogP contribution in [0.4, 0.5) is 5.69 Å². The van der Waals surface area contributed by atoms with Crippen molar-refractivity contribution >= 4 is 35.0 Å². The standard InChI is InChI=1S/C35H35N3O8S/c1-5-44-32-26(12-9-13-27(32)43-4)31-30(34(41)45-19-18-42-3)22(2)36-35-38(31)33(40)28(47-35)20-23-14-16-25(17-15-23)46-21-29(39)37-24-10-7-6-8-11-24/h6-17,20,31H,5,18-19,21H2,1-4H3,(H,37,39)/b28-20+/t31-/m0/s1. The number of carbonyl (C=O) groups is 2. The number of nitrogens with zero attached hydrogens (tertiary/aromatic N) is 2. The summed E-state index contributed by atoms with van der Waals surface area (Å²) in [4.78, 5) is 45.0. The van der Waals surface area contributed by atoms with Gasteiger partial charge in [-0.25, -0.2) is 9.79 Å². The molecule has 1 aliphatic rings. The lowest BCUT2D eigenvalue weighted by Gasteiger charge is -2.27. The number of fused-ring (bicyclic) bond motifs is 1. The minimum atomic E-state index is -0.891. The van der Waals surface area contributed by atoms with E-state index in [4.69, 9.17) is 23.7 Å². The summed E-state index contributed by atoms with van der Waals surface area (Å²) in [6.07, 6.45) is 1.75. The van der Waals surface area contributed by atoms with E-state index in [1.54, 1.807) is 67.6 Å². The van der Waals surface area contributed by atoms with E-state index < -0.39 is 12.0 Å². The lowest BCUT2D eigenvalue weighted by molar-refractivity contribution is -0.140. The number of rotatable bonds is 13. The van der Waals surface area contributed by atoms with Crippen molar-refractivity contribution in [1.29, 1.82) is 0 Å². The number of hydrogen-bond donors (Lipinski definition) is 1. The van der Waals surface area contributed by atoms with Gasteiger partial charge in [-0.2, -0.15) is 0 Å². The first-order chi connectivity index (χ1) is 22.8. The Morgan fingerprint density at radius 2 is 1.74 bits per heavy atom. The van der Waals surface area contributed by atoms with Gasteiger partial charge in [-0.05, 0) is 55.8 Å². The van der Waals surface area contributed by atoms with Gasteiger partial charge in [0, 0.05) is 18.4 Å². The van der Waals surface area contributed by atoms with Gasteiger partial charge in [-0.15, -0.1) is 0 Å². The van der Waals surface area contributed by atoms with E-state index >= 15 is 0 Å². The first-order valence-electron chi connectivity index (χ1n) is 14.9. The summed E-state index contributed by atoms with van der Waals surface area (Å²) in [5.41, 5.74) is 2.28. The Kier molecular flexibility index (Phi) is 10.9. The third-order valence-electron chi connectivity index (χ3n) is 7.18. The van der Waals surface area contributed by atoms with Crippen LogP contribution >= 0.6 is 11.3 Å². The van der Waals surface area contributed by atoms with Crippen LogP contribution in [0.2, 0.25) is 0 Å². The Bertz CT molecular complexity index is 1950. The maximum atomic E-state index is 14.1. The van der Waals surface area contributed by atoms with Crippen molar-refractivity contribution in [2.75, 3.05) is 46.0 Å². The summed E-state index contributed by atoms with van der Waals surface area (Å²) in [6.45, 7) is 4.00. The normalized spacial score (nSPS) is 14.2. The van der Waals surface area contributed by atoms with Crippen molar-refractivity contribution < 1.29 is 33.3 Å². The maximum Gasteiger partial charge on any atom is 0.338 e. The van der Waals surface area contributed by atoms with Crippen LogP contribution in [0.1, 0.15) is 31.0 Å². The molecule has 0 bridgehead atoms. The summed E-state index contributed by atoms with van der Waals surface area (Å²) in [5.74, 6) is 0.494. The van der Waals surface area contributed by atoms with Crippen LogP contribution in [-0.2, 0) is 19.1 Å². The molecular formula is C35H35N3O8S. The highest BCUT2D eigenvalue weighted by Gasteiger charge is 2.36. The average molecular weight is 658 g/mol. The number of benzene rings is 3. The van der Waals surface area contributed by atoms with Gasteiger partial charge < -0.3 is 29.0 Å². The minimum absolute atomic E-state index is 0.0388. The van der Waals surface area contributed by atoms with Crippen molar-refractivity contribution in [3.63, 3.8) is 0 Å². The largest absolute Gasteiger partial charge is 0.493 e. The molecular weight excluding hydrogens is 622 g/mol. The number of amides is 1. The Morgan fingerprint density at radius 3 is 2.45 bits per heavy atom. The van der Waals surface area contributed by atoms with Crippen molar-refractivity contribution in [1.82, 2.24) is 4.57 Å². The minimum Gasteiger partial charge on any atom is -0.493 e. The highest BCUT2D eigenvalue weighted by molar-refractivity contribution is 7.07. The number of ether oxygens (including phenoxy) is 5. The fourth-order valence-electron chi connectivity index (χ4n) is 5.06. The molecule has 2 heterocycles. The Balaban J connectivity index is 1.48. The molecule has 1 atom stereocenters. The first-order valence-corrected chi connectivity index (χ1v) is 15.7. The molecule has 0 unspecified atom stereocenters. The quantitative estimate of drug-likeness (QED) is 0.170. The smallest absolute Gasteiger partial charge is 0.338 e. The van der Waals surface area contributed by atoms with Crippen LogP contribution in [0.5, 0.6) is 17.2 Å². The summed E-state index contributed by atoms with van der Waals surface area (Å²) < 4.78 is 29.7. The zero-order valence-corrected chi connectivity index (χ0v) is 27.3. The number of anilines is 1. The monoisotopic (exact) mass is 657 g/mol. The molecule has 12 heteroatoms. The predicted octanol–water partition coefficient (Wildman–Crippen LogP) is 3.85. The van der Waals surface area contributed by atoms with Gasteiger partial charge in [0.05, 0.1) is 36.1 Å². The van der Waals surface area contributed by atoms with Crippen LogP contribution in [-0.4, -0.2) is 57.1 Å². The van der Waals surface area contributed by atoms with E-state index in [9.17, 15) is 14.4 Å². The van der Waals surface area contributed by atoms with Crippen molar-refractivity contribution in [3.8, 4) is 17.2 Å². The average Bonchev–Trinajstić information content (AvgIpc) is 3.38. The fraction of sp³-hybridized carbons (Fsp3) is 0.257. The van der Waals surface area contributed by atoms with Crippen LogP contribution < -0.4 is 34.4 Å². The molecule has 0 spiro atoms. The Morgan fingerprint density at radius 1 is 0.979 bits per heavy atom. The van der Waals surface area contributed by atoms with Gasteiger partial charge in [0.15, 0.2) is 22.9 Å². The molecule has 4 aromatic rings. The molecule has 5 rings (SSSR count). The Hall–Kier alpha value is -5.20. The first kappa shape index (κ1) is 33.2. The number of hydrogen-bond acceptors (Lipinski definition) is 10. The molecule has 0 fully saturated rings. The van der Waals surface area contributed by atoms with E-state index in [2.05, 4.69) is 10.3 Å². The van der Waals surface area contributed by atoms with E-state index in [1.165, 1.54) is 30.1 Å². The van der Waals surface area contributed by atoms with Gasteiger partial charge >= 0.3 is 5.97 Å². The third kappa shape index (κ3) is 7.62. The molecule has 1 aliphatic heterocycles. The van der Waals surface area contributed by atoms with Crippen LogP contribution in [0.25, 0.3) is 6.08 Å². The second-order valence-corrected chi connectivity index (χ2v) is 11.3. The molecule has 0 radical (unpaired) electrons. The molecule has 0 aliphatic carbocycles. The lowest BCUT2D eigenvalue weighted by atomic mass is 9.94. The number of esters is 1. The topological polar surface area (TPSA) is 127 Å². The number of carbonyl (C=O) groups excluding carboxylic acids is 2. The molecule has 244 valence electrons.